The molecule has 3 unspecified atom stereocenters. The quantitative estimate of drug-likeness (QED) is 0.0245. The van der Waals surface area contributed by atoms with Crippen molar-refractivity contribution in [1.29, 1.82) is 0 Å². The normalized spacial score (nSPS) is 14.7. The molecule has 0 fully saturated rings. The summed E-state index contributed by atoms with van der Waals surface area (Å²) in [5.74, 6) is -0.200. The lowest BCUT2D eigenvalue weighted by Gasteiger charge is -2.25. The van der Waals surface area contributed by atoms with Gasteiger partial charge in [0.2, 0.25) is 5.91 Å². The first-order valence-electron chi connectivity index (χ1n) is 23.5. The van der Waals surface area contributed by atoms with E-state index in [0.717, 1.165) is 57.8 Å². The lowest BCUT2D eigenvalue weighted by Crippen LogP contribution is -2.45. The van der Waals surface area contributed by atoms with Crippen LogP contribution in [0.25, 0.3) is 0 Å². The molecule has 334 valence electrons. The number of allylic oxidation sites excluding steroid dienone is 7. The number of nitrogens with zero attached hydrogens (tertiary/aromatic N) is 1. The van der Waals surface area contributed by atoms with Crippen molar-refractivity contribution in [3.8, 4) is 0 Å². The van der Waals surface area contributed by atoms with E-state index in [1.165, 1.54) is 122 Å². The SMILES string of the molecule is CCCCCCCCC/C=C/CC/C=C/CC/C=C/C(O)C(COP(=O)(O)OCC[N+](C)(C)C)NC(=O)CCCCCCC/C=C\CCCCCCCCCCC. The first kappa shape index (κ1) is 55.5. The van der Waals surface area contributed by atoms with Crippen LogP contribution in [0.5, 0.6) is 0 Å². The minimum Gasteiger partial charge on any atom is -0.387 e. The third-order valence-corrected chi connectivity index (χ3v) is 11.2. The van der Waals surface area contributed by atoms with Crippen molar-refractivity contribution in [2.45, 2.75) is 212 Å². The van der Waals surface area contributed by atoms with Gasteiger partial charge in [0, 0.05) is 6.42 Å². The number of unbranched alkanes of at least 4 members (excludes halogenated alkanes) is 23. The largest absolute Gasteiger partial charge is 0.472 e. The molecule has 0 aliphatic carbocycles. The number of aliphatic hydroxyl groups excluding tert-OH is 1. The molecule has 1 amide bonds. The third kappa shape index (κ3) is 42.4. The molecule has 0 aliphatic heterocycles. The Morgan fingerprint density at radius 3 is 1.40 bits per heavy atom. The fraction of sp³-hybridized carbons (Fsp3) is 0.812. The van der Waals surface area contributed by atoms with Crippen LogP contribution in [-0.4, -0.2) is 73.4 Å². The van der Waals surface area contributed by atoms with Gasteiger partial charge in [-0.1, -0.05) is 172 Å². The summed E-state index contributed by atoms with van der Waals surface area (Å²) in [5.41, 5.74) is 0. The highest BCUT2D eigenvalue weighted by Gasteiger charge is 2.27. The molecular weight excluding hydrogens is 732 g/mol. The maximum atomic E-state index is 12.9. The van der Waals surface area contributed by atoms with Crippen molar-refractivity contribution in [2.75, 3.05) is 40.9 Å². The van der Waals surface area contributed by atoms with Gasteiger partial charge in [-0.25, -0.2) is 4.57 Å². The predicted molar refractivity (Wildman–Crippen MR) is 244 cm³/mol. The van der Waals surface area contributed by atoms with Crippen molar-refractivity contribution in [1.82, 2.24) is 5.32 Å². The molecule has 8 nitrogen and oxygen atoms in total. The van der Waals surface area contributed by atoms with Gasteiger partial charge >= 0.3 is 7.82 Å². The van der Waals surface area contributed by atoms with Crippen molar-refractivity contribution >= 4 is 13.7 Å². The molecule has 0 aromatic rings. The predicted octanol–water partition coefficient (Wildman–Crippen LogP) is 13.2. The minimum absolute atomic E-state index is 0.0511. The van der Waals surface area contributed by atoms with Crippen LogP contribution in [0.15, 0.2) is 48.6 Å². The summed E-state index contributed by atoms with van der Waals surface area (Å²) < 4.78 is 23.6. The van der Waals surface area contributed by atoms with E-state index in [-0.39, 0.29) is 19.1 Å². The first-order valence-corrected chi connectivity index (χ1v) is 25.0. The van der Waals surface area contributed by atoms with Crippen LogP contribution in [0.4, 0.5) is 0 Å². The third-order valence-electron chi connectivity index (χ3n) is 10.2. The van der Waals surface area contributed by atoms with E-state index in [9.17, 15) is 19.4 Å². The number of nitrogens with one attached hydrogen (secondary N) is 1. The number of carbonyl (C=O) groups excluding carboxylic acids is 1. The van der Waals surface area contributed by atoms with E-state index in [1.54, 1.807) is 6.08 Å². The van der Waals surface area contributed by atoms with Gasteiger partial charge in [0.05, 0.1) is 39.9 Å². The average Bonchev–Trinajstić information content (AvgIpc) is 3.16. The van der Waals surface area contributed by atoms with Crippen LogP contribution in [0.3, 0.4) is 0 Å². The molecule has 0 spiro atoms. The molecule has 0 bridgehead atoms. The number of phosphoric acid groups is 1. The average molecular weight is 824 g/mol. The summed E-state index contributed by atoms with van der Waals surface area (Å²) in [7, 11) is 1.54. The Balaban J connectivity index is 4.48. The van der Waals surface area contributed by atoms with Crippen LogP contribution < -0.4 is 5.32 Å². The zero-order valence-electron chi connectivity index (χ0n) is 37.8. The highest BCUT2D eigenvalue weighted by molar-refractivity contribution is 7.47. The molecule has 57 heavy (non-hydrogen) atoms. The number of rotatable bonds is 42. The van der Waals surface area contributed by atoms with E-state index in [2.05, 4.69) is 55.6 Å². The maximum absolute atomic E-state index is 12.9. The Morgan fingerprint density at radius 2 is 0.965 bits per heavy atom. The Morgan fingerprint density at radius 1 is 0.579 bits per heavy atom. The number of phosphoric ester groups is 1. The second-order valence-corrected chi connectivity index (χ2v) is 18.6. The van der Waals surface area contributed by atoms with E-state index in [1.807, 2.05) is 27.2 Å². The topological polar surface area (TPSA) is 105 Å². The van der Waals surface area contributed by atoms with Gasteiger partial charge in [0.1, 0.15) is 13.2 Å². The van der Waals surface area contributed by atoms with Crippen LogP contribution in [0, 0.1) is 0 Å². The molecule has 9 heteroatoms. The number of quaternary nitrogens is 1. The van der Waals surface area contributed by atoms with Gasteiger partial charge in [-0.3, -0.25) is 13.8 Å². The molecule has 0 aromatic heterocycles. The van der Waals surface area contributed by atoms with Gasteiger partial charge < -0.3 is 19.8 Å². The Bertz CT molecular complexity index is 1070. The van der Waals surface area contributed by atoms with Crippen LogP contribution in [0.1, 0.15) is 200 Å². The number of hydrogen-bond acceptors (Lipinski definition) is 5. The van der Waals surface area contributed by atoms with Crippen LogP contribution in [-0.2, 0) is 18.4 Å². The molecule has 3 atom stereocenters. The number of hydrogen-bond donors (Lipinski definition) is 3. The molecule has 0 heterocycles. The zero-order valence-corrected chi connectivity index (χ0v) is 38.7. The Labute approximate surface area is 352 Å². The summed E-state index contributed by atoms with van der Waals surface area (Å²) in [5, 5.41) is 13.8. The smallest absolute Gasteiger partial charge is 0.387 e. The van der Waals surface area contributed by atoms with E-state index < -0.39 is 20.0 Å². The summed E-state index contributed by atoms with van der Waals surface area (Å²) >= 11 is 0. The lowest BCUT2D eigenvalue weighted by molar-refractivity contribution is -0.870. The van der Waals surface area contributed by atoms with Crippen LogP contribution in [0.2, 0.25) is 0 Å². The summed E-state index contributed by atoms with van der Waals surface area (Å²) in [6.45, 7) is 4.77. The maximum Gasteiger partial charge on any atom is 0.472 e. The van der Waals surface area contributed by atoms with Gasteiger partial charge in [-0.2, -0.15) is 0 Å². The zero-order chi connectivity index (χ0) is 42.1. The standard InChI is InChI=1S/C48H91N2O6P/c1-6-8-10-12-14-16-18-20-22-24-26-28-30-32-34-36-38-40-42-48(52)49-46(45-56-57(53,54)55-44-43-50(3,4)5)47(51)41-39-37-35-33-31-29-27-25-23-21-19-17-15-13-11-9-7-2/h23,25-26,28,31,33,39,41,46-47,51H,6-22,24,27,29-30,32,34-38,40,42-45H2,1-5H3,(H-,49,52,53,54)/p+1/b25-23+,28-26-,33-31+,41-39+. The molecule has 0 saturated heterocycles. The number of carbonyl (C=O) groups is 1. The van der Waals surface area contributed by atoms with E-state index >= 15 is 0 Å². The molecule has 0 saturated carbocycles. The highest BCUT2D eigenvalue weighted by Crippen LogP contribution is 2.43. The molecule has 0 radical (unpaired) electrons. The number of aliphatic hydroxyl groups is 1. The first-order chi connectivity index (χ1) is 27.5. The van der Waals surface area contributed by atoms with Gasteiger partial charge in [0.15, 0.2) is 0 Å². The second-order valence-electron chi connectivity index (χ2n) is 17.1. The summed E-state index contributed by atoms with van der Waals surface area (Å²) in [6, 6.07) is -0.873. The fourth-order valence-corrected chi connectivity index (χ4v) is 7.21. The molecule has 0 aromatic carbocycles. The van der Waals surface area contributed by atoms with Gasteiger partial charge in [-0.15, -0.1) is 0 Å². The summed E-state index contributed by atoms with van der Waals surface area (Å²) in [6.07, 6.45) is 50.4. The Hall–Kier alpha value is -1.54. The molecule has 3 N–H and O–H groups in total. The second kappa shape index (κ2) is 39.9. The molecular formula is C48H92N2O6P+. The van der Waals surface area contributed by atoms with Crippen molar-refractivity contribution < 1.29 is 32.9 Å². The summed E-state index contributed by atoms with van der Waals surface area (Å²) in [4.78, 5) is 23.1. The number of amides is 1. The highest BCUT2D eigenvalue weighted by atomic mass is 31.2. The lowest BCUT2D eigenvalue weighted by atomic mass is 10.1. The van der Waals surface area contributed by atoms with Crippen molar-refractivity contribution in [3.05, 3.63) is 48.6 Å². The van der Waals surface area contributed by atoms with Gasteiger partial charge in [0.25, 0.3) is 0 Å². The van der Waals surface area contributed by atoms with Crippen molar-refractivity contribution in [3.63, 3.8) is 0 Å². The van der Waals surface area contributed by atoms with E-state index in [4.69, 9.17) is 9.05 Å². The molecule has 0 aliphatic rings. The minimum atomic E-state index is -4.35. The van der Waals surface area contributed by atoms with Gasteiger partial charge in [-0.05, 0) is 70.6 Å². The fourth-order valence-electron chi connectivity index (χ4n) is 6.48. The van der Waals surface area contributed by atoms with Crippen molar-refractivity contribution in [2.24, 2.45) is 0 Å². The Kier molecular flexibility index (Phi) is 38.8. The van der Waals surface area contributed by atoms with E-state index in [0.29, 0.717) is 17.4 Å². The monoisotopic (exact) mass is 824 g/mol. The molecule has 0 rings (SSSR count). The number of likely N-dealkylation sites (N-methyl/N-ethyl adjacent to an activating group) is 1. The van der Waals surface area contributed by atoms with Crippen LogP contribution >= 0.6 is 7.82 Å².